The molecule has 8 nitrogen and oxygen atoms in total. The minimum absolute atomic E-state index is 0.0674. The first-order chi connectivity index (χ1) is 36.0. The number of carbonyl (C=O) groups excluding carboxylic acids is 1. The van der Waals surface area contributed by atoms with Gasteiger partial charge in [0.05, 0.1) is 39.9 Å². The molecule has 0 aromatic carbocycles. The van der Waals surface area contributed by atoms with Crippen LogP contribution in [-0.4, -0.2) is 73.4 Å². The van der Waals surface area contributed by atoms with Gasteiger partial charge in [0, 0.05) is 6.42 Å². The van der Waals surface area contributed by atoms with E-state index in [-0.39, 0.29) is 19.1 Å². The Morgan fingerprint density at radius 1 is 0.473 bits per heavy atom. The molecule has 1 amide bonds. The maximum atomic E-state index is 13.0. The van der Waals surface area contributed by atoms with Gasteiger partial charge in [0.25, 0.3) is 0 Å². The van der Waals surface area contributed by atoms with E-state index in [2.05, 4.69) is 141 Å². The average molecular weight is 1050 g/mol. The van der Waals surface area contributed by atoms with Crippen LogP contribution in [0.15, 0.2) is 122 Å². The molecule has 3 unspecified atom stereocenters. The van der Waals surface area contributed by atoms with E-state index < -0.39 is 20.0 Å². The van der Waals surface area contributed by atoms with Gasteiger partial charge in [0.2, 0.25) is 5.91 Å². The van der Waals surface area contributed by atoms with Gasteiger partial charge in [0.15, 0.2) is 0 Å². The van der Waals surface area contributed by atoms with Crippen molar-refractivity contribution in [1.29, 1.82) is 0 Å². The lowest BCUT2D eigenvalue weighted by atomic mass is 10.0. The van der Waals surface area contributed by atoms with Gasteiger partial charge < -0.3 is 19.8 Å². The van der Waals surface area contributed by atoms with E-state index in [1.165, 1.54) is 96.3 Å². The molecule has 3 N–H and O–H groups in total. The molecule has 0 fully saturated rings. The van der Waals surface area contributed by atoms with Crippen LogP contribution in [0.1, 0.15) is 232 Å². The van der Waals surface area contributed by atoms with Crippen LogP contribution in [0.5, 0.6) is 0 Å². The number of likely N-dealkylation sites (N-methyl/N-ethyl adjacent to an activating group) is 1. The lowest BCUT2D eigenvalue weighted by Gasteiger charge is -2.26. The third kappa shape index (κ3) is 56.6. The van der Waals surface area contributed by atoms with Crippen LogP contribution < -0.4 is 5.32 Å². The number of quaternary nitrogens is 1. The Hall–Kier alpha value is -3.10. The lowest BCUT2D eigenvalue weighted by molar-refractivity contribution is -0.870. The predicted octanol–water partition coefficient (Wildman–Crippen LogP) is 18.5. The fourth-order valence-corrected chi connectivity index (χ4v) is 8.81. The van der Waals surface area contributed by atoms with Gasteiger partial charge in [-0.2, -0.15) is 0 Å². The summed E-state index contributed by atoms with van der Waals surface area (Å²) in [5, 5.41) is 14.0. The van der Waals surface area contributed by atoms with Gasteiger partial charge in [-0.05, 0) is 89.9 Å². The van der Waals surface area contributed by atoms with Crippen LogP contribution in [0.4, 0.5) is 0 Å². The average Bonchev–Trinajstić information content (AvgIpc) is 3.36. The smallest absolute Gasteiger partial charge is 0.391 e. The Bertz CT molecular complexity index is 1620. The van der Waals surface area contributed by atoms with Gasteiger partial charge in [-0.3, -0.25) is 13.8 Å². The summed E-state index contributed by atoms with van der Waals surface area (Å²) in [6.07, 6.45) is 81.2. The molecule has 0 aromatic heterocycles. The number of allylic oxidation sites excluding steroid dienone is 20. The fourth-order valence-electron chi connectivity index (χ4n) is 8.07. The predicted molar refractivity (Wildman–Crippen MR) is 322 cm³/mol. The molecule has 0 saturated carbocycles. The Morgan fingerprint density at radius 2 is 0.811 bits per heavy atom. The van der Waals surface area contributed by atoms with Crippen LogP contribution in [0.2, 0.25) is 0 Å². The van der Waals surface area contributed by atoms with Crippen molar-refractivity contribution >= 4 is 13.7 Å². The first-order valence-electron chi connectivity index (χ1n) is 29.9. The number of hydrogen-bond acceptors (Lipinski definition) is 5. The zero-order valence-corrected chi connectivity index (χ0v) is 49.2. The van der Waals surface area contributed by atoms with E-state index in [4.69, 9.17) is 9.05 Å². The molecule has 424 valence electrons. The normalized spacial score (nSPS) is 14.7. The highest BCUT2D eigenvalue weighted by molar-refractivity contribution is 7.47. The molecule has 0 radical (unpaired) electrons. The maximum Gasteiger partial charge on any atom is 0.472 e. The molecule has 0 aliphatic carbocycles. The van der Waals surface area contributed by atoms with E-state index in [0.29, 0.717) is 23.9 Å². The van der Waals surface area contributed by atoms with Crippen LogP contribution in [0.3, 0.4) is 0 Å². The van der Waals surface area contributed by atoms with Crippen LogP contribution in [0, 0.1) is 0 Å². The second kappa shape index (κ2) is 54.7. The molecule has 0 saturated heterocycles. The summed E-state index contributed by atoms with van der Waals surface area (Å²) < 4.78 is 23.7. The molecule has 0 rings (SSSR count). The summed E-state index contributed by atoms with van der Waals surface area (Å²) in [6.45, 7) is 4.75. The summed E-state index contributed by atoms with van der Waals surface area (Å²) in [6, 6.07) is -0.772. The summed E-state index contributed by atoms with van der Waals surface area (Å²) in [4.78, 5) is 23.3. The largest absolute Gasteiger partial charge is 0.472 e. The molecule has 0 aliphatic rings. The van der Waals surface area contributed by atoms with Gasteiger partial charge >= 0.3 is 7.82 Å². The Labute approximate surface area is 456 Å². The number of unbranched alkanes of at least 4 members (excludes halogenated alkanes) is 20. The van der Waals surface area contributed by atoms with Crippen LogP contribution >= 0.6 is 7.82 Å². The number of amides is 1. The zero-order valence-electron chi connectivity index (χ0n) is 48.3. The summed E-state index contributed by atoms with van der Waals surface area (Å²) in [5.41, 5.74) is 0. The number of aliphatic hydroxyl groups is 1. The van der Waals surface area contributed by atoms with Crippen molar-refractivity contribution in [3.05, 3.63) is 122 Å². The van der Waals surface area contributed by atoms with E-state index in [9.17, 15) is 19.4 Å². The third-order valence-corrected chi connectivity index (χ3v) is 13.7. The first-order valence-corrected chi connectivity index (χ1v) is 31.4. The second-order valence-electron chi connectivity index (χ2n) is 21.0. The van der Waals surface area contributed by atoms with Gasteiger partial charge in [-0.1, -0.05) is 257 Å². The number of hydrogen-bond donors (Lipinski definition) is 3. The number of phosphoric acid groups is 1. The minimum atomic E-state index is -4.33. The second-order valence-corrected chi connectivity index (χ2v) is 22.4. The van der Waals surface area contributed by atoms with Crippen molar-refractivity contribution in [1.82, 2.24) is 5.32 Å². The van der Waals surface area contributed by atoms with Gasteiger partial charge in [0.1, 0.15) is 13.2 Å². The number of nitrogens with zero attached hydrogens (tertiary/aromatic N) is 1. The Balaban J connectivity index is 4.10. The molecule has 0 spiro atoms. The number of rotatable bonds is 53. The Morgan fingerprint density at radius 3 is 1.19 bits per heavy atom. The van der Waals surface area contributed by atoms with Crippen LogP contribution in [-0.2, 0) is 18.4 Å². The lowest BCUT2D eigenvalue weighted by Crippen LogP contribution is -2.46. The zero-order chi connectivity index (χ0) is 54.2. The topological polar surface area (TPSA) is 105 Å². The summed E-state index contributed by atoms with van der Waals surface area (Å²) in [7, 11) is 1.60. The maximum absolute atomic E-state index is 13.0. The monoisotopic (exact) mass is 1050 g/mol. The molecular formula is C65H114N2O6P+. The quantitative estimate of drug-likeness (QED) is 0.0243. The molecule has 0 aliphatic heterocycles. The third-order valence-electron chi connectivity index (χ3n) is 12.7. The van der Waals surface area contributed by atoms with E-state index in [1.54, 1.807) is 0 Å². The highest BCUT2D eigenvalue weighted by Gasteiger charge is 2.28. The van der Waals surface area contributed by atoms with E-state index in [0.717, 1.165) is 109 Å². The highest BCUT2D eigenvalue weighted by Crippen LogP contribution is 2.43. The molecule has 0 aromatic rings. The minimum Gasteiger partial charge on any atom is -0.391 e. The number of carbonyl (C=O) groups is 1. The van der Waals surface area contributed by atoms with Crippen molar-refractivity contribution in [2.75, 3.05) is 40.9 Å². The van der Waals surface area contributed by atoms with Gasteiger partial charge in [-0.15, -0.1) is 0 Å². The SMILES string of the molecule is CC/C=C\C/C=C\C/C=C\C/C=C\C/C=C\C/C=C\C/C=C\C/C=C\C/C=C\C/C=C\CCCCCCCCCCC(=O)NC(COP(=O)(O)OCC[N+](C)(C)C)C(O)CCCCCCCCCCCCCCC. The number of aliphatic hydroxyl groups excluding tert-OH is 1. The van der Waals surface area contributed by atoms with Crippen LogP contribution in [0.25, 0.3) is 0 Å². The van der Waals surface area contributed by atoms with Crippen molar-refractivity contribution in [2.24, 2.45) is 0 Å². The molecule has 74 heavy (non-hydrogen) atoms. The van der Waals surface area contributed by atoms with Gasteiger partial charge in [-0.25, -0.2) is 4.57 Å². The number of phosphoric ester groups is 1. The van der Waals surface area contributed by atoms with Crippen molar-refractivity contribution in [3.63, 3.8) is 0 Å². The molecular weight excluding hydrogens is 936 g/mol. The van der Waals surface area contributed by atoms with Crippen molar-refractivity contribution in [3.8, 4) is 0 Å². The summed E-state index contributed by atoms with van der Waals surface area (Å²) in [5.74, 6) is -0.158. The van der Waals surface area contributed by atoms with Crippen molar-refractivity contribution < 1.29 is 32.9 Å². The van der Waals surface area contributed by atoms with E-state index in [1.807, 2.05) is 21.1 Å². The molecule has 3 atom stereocenters. The molecule has 0 bridgehead atoms. The van der Waals surface area contributed by atoms with Crippen molar-refractivity contribution in [2.45, 2.75) is 244 Å². The molecule has 9 heteroatoms. The standard InChI is InChI=1S/C65H113N2O6P/c1-6-8-10-12-14-16-18-20-21-22-23-24-25-26-27-28-29-30-31-32-33-34-35-36-37-38-39-40-41-42-43-44-45-47-49-51-53-55-57-59-65(69)66-63(62-73-74(70,71)72-61-60-67(3,4)5)64(68)58-56-54-52-50-48-46-19-17-15-13-11-9-7-2/h8,10,14,16,20-21,23-24,26-27,29-30,32-33,35-36,38-39,41-42,63-64,68H,6-7,9,11-13,15,17-19,22,25,28,31,34,37,40,43-62H2,1-5H3,(H-,66,69,70,71)/p+1/b10-8-,16-14-,21-20-,24-23-,27-26-,30-29-,33-32-,36-35-,39-38-,42-41-. The highest BCUT2D eigenvalue weighted by atomic mass is 31.2. The molecule has 0 heterocycles. The number of nitrogens with one attached hydrogen (secondary N) is 1. The summed E-state index contributed by atoms with van der Waals surface area (Å²) >= 11 is 0. The van der Waals surface area contributed by atoms with E-state index >= 15 is 0 Å². The fraction of sp³-hybridized carbons (Fsp3) is 0.677. The first kappa shape index (κ1) is 70.9. The Kier molecular flexibility index (Phi) is 52.4.